The number of hydrogen-bond donors (Lipinski definition) is 1. The van der Waals surface area contributed by atoms with Gasteiger partial charge >= 0.3 is 0 Å². The molecule has 1 fully saturated rings. The lowest BCUT2D eigenvalue weighted by Gasteiger charge is -2.29. The quantitative estimate of drug-likeness (QED) is 0.717. The molecule has 5 nitrogen and oxygen atoms in total. The molecule has 0 spiro atoms. The molecule has 1 amide bonds. The molecule has 2 aromatic carbocycles. The Morgan fingerprint density at radius 3 is 2.38 bits per heavy atom. The summed E-state index contributed by atoms with van der Waals surface area (Å²) < 4.78 is 5.42. The van der Waals surface area contributed by atoms with Crippen LogP contribution < -0.4 is 10.2 Å². The van der Waals surface area contributed by atoms with E-state index in [0.29, 0.717) is 18.8 Å². The molecule has 5 heteroatoms. The summed E-state index contributed by atoms with van der Waals surface area (Å²) in [5.41, 5.74) is 4.01. The Morgan fingerprint density at radius 2 is 1.66 bits per heavy atom. The fraction of sp³-hybridized carbons (Fsp3) is 0.250. The highest BCUT2D eigenvalue weighted by Crippen LogP contribution is 2.23. The average molecular weight is 387 g/mol. The maximum Gasteiger partial charge on any atom is 0.255 e. The van der Waals surface area contributed by atoms with Gasteiger partial charge in [0.25, 0.3) is 5.91 Å². The summed E-state index contributed by atoms with van der Waals surface area (Å²) in [5.74, 6) is 0.610. The topological polar surface area (TPSA) is 54.5 Å². The molecular weight excluding hydrogens is 362 g/mol. The van der Waals surface area contributed by atoms with Crippen molar-refractivity contribution in [3.05, 3.63) is 84.1 Å². The van der Waals surface area contributed by atoms with Crippen LogP contribution in [0.3, 0.4) is 0 Å². The van der Waals surface area contributed by atoms with Gasteiger partial charge in [0.2, 0.25) is 0 Å². The largest absolute Gasteiger partial charge is 0.378 e. The van der Waals surface area contributed by atoms with Gasteiger partial charge in [0.15, 0.2) is 0 Å². The van der Waals surface area contributed by atoms with Crippen molar-refractivity contribution in [3.8, 4) is 11.1 Å². The van der Waals surface area contributed by atoms with Gasteiger partial charge in [-0.05, 0) is 35.7 Å². The summed E-state index contributed by atoms with van der Waals surface area (Å²) in [6.07, 6.45) is 1.73. The van der Waals surface area contributed by atoms with E-state index in [-0.39, 0.29) is 11.9 Å². The van der Waals surface area contributed by atoms with Gasteiger partial charge in [-0.2, -0.15) is 0 Å². The van der Waals surface area contributed by atoms with Crippen molar-refractivity contribution in [2.45, 2.75) is 13.0 Å². The first-order valence-corrected chi connectivity index (χ1v) is 9.96. The van der Waals surface area contributed by atoms with Gasteiger partial charge < -0.3 is 15.0 Å². The smallest absolute Gasteiger partial charge is 0.255 e. The Bertz CT molecular complexity index is 951. The van der Waals surface area contributed by atoms with Crippen LogP contribution in [0.2, 0.25) is 0 Å². The lowest BCUT2D eigenvalue weighted by atomic mass is 10.0. The highest BCUT2D eigenvalue weighted by Gasteiger charge is 2.21. The fourth-order valence-electron chi connectivity index (χ4n) is 3.55. The number of hydrogen-bond acceptors (Lipinski definition) is 4. The molecule has 3 aromatic rings. The molecule has 1 N–H and O–H groups in total. The Labute approximate surface area is 171 Å². The van der Waals surface area contributed by atoms with Crippen molar-refractivity contribution in [2.75, 3.05) is 31.2 Å². The number of amides is 1. The number of pyridine rings is 1. The first-order valence-electron chi connectivity index (χ1n) is 9.96. The zero-order chi connectivity index (χ0) is 20.1. The SMILES string of the molecule is CC(NC(=O)c1cccnc1N1CCOCC1)c1ccc(-c2ccccc2)cc1. The van der Waals surface area contributed by atoms with E-state index in [4.69, 9.17) is 4.74 Å². The van der Waals surface area contributed by atoms with E-state index in [1.807, 2.05) is 31.2 Å². The molecule has 1 aliphatic rings. The third kappa shape index (κ3) is 4.46. The van der Waals surface area contributed by atoms with Crippen LogP contribution in [0, 0.1) is 0 Å². The first-order chi connectivity index (χ1) is 14.2. The van der Waals surface area contributed by atoms with Gasteiger partial charge in [0, 0.05) is 19.3 Å². The first kappa shape index (κ1) is 19.2. The van der Waals surface area contributed by atoms with Crippen LogP contribution in [-0.2, 0) is 4.74 Å². The van der Waals surface area contributed by atoms with Gasteiger partial charge in [-0.25, -0.2) is 4.98 Å². The molecule has 4 rings (SSSR count). The highest BCUT2D eigenvalue weighted by atomic mass is 16.5. The van der Waals surface area contributed by atoms with Gasteiger partial charge in [0.05, 0.1) is 24.8 Å². The van der Waals surface area contributed by atoms with Crippen LogP contribution in [0.5, 0.6) is 0 Å². The molecule has 148 valence electrons. The predicted molar refractivity (Wildman–Crippen MR) is 115 cm³/mol. The molecule has 29 heavy (non-hydrogen) atoms. The zero-order valence-corrected chi connectivity index (χ0v) is 16.5. The maximum atomic E-state index is 13.0. The van der Waals surface area contributed by atoms with E-state index in [1.165, 1.54) is 5.56 Å². The van der Waals surface area contributed by atoms with Gasteiger partial charge in [-0.15, -0.1) is 0 Å². The molecule has 0 bridgehead atoms. The summed E-state index contributed by atoms with van der Waals surface area (Å²) in [5, 5.41) is 3.11. The van der Waals surface area contributed by atoms with Crippen LogP contribution in [0.4, 0.5) is 5.82 Å². The fourth-order valence-corrected chi connectivity index (χ4v) is 3.55. The number of carbonyl (C=O) groups excluding carboxylic acids is 1. The van der Waals surface area contributed by atoms with E-state index in [2.05, 4.69) is 51.6 Å². The average Bonchev–Trinajstić information content (AvgIpc) is 2.80. The number of benzene rings is 2. The van der Waals surface area contributed by atoms with Crippen LogP contribution in [0.15, 0.2) is 72.9 Å². The molecule has 1 aromatic heterocycles. The minimum atomic E-state index is -0.112. The summed E-state index contributed by atoms with van der Waals surface area (Å²) in [4.78, 5) is 19.5. The van der Waals surface area contributed by atoms with Gasteiger partial charge in [-0.3, -0.25) is 4.79 Å². The van der Waals surface area contributed by atoms with Crippen molar-refractivity contribution >= 4 is 11.7 Å². The molecule has 1 atom stereocenters. The lowest BCUT2D eigenvalue weighted by molar-refractivity contribution is 0.0938. The van der Waals surface area contributed by atoms with Crippen molar-refractivity contribution in [1.82, 2.24) is 10.3 Å². The Balaban J connectivity index is 1.47. The van der Waals surface area contributed by atoms with E-state index >= 15 is 0 Å². The summed E-state index contributed by atoms with van der Waals surface area (Å²) in [6, 6.07) is 22.1. The van der Waals surface area contributed by atoms with Crippen LogP contribution in [0.25, 0.3) is 11.1 Å². The second-order valence-electron chi connectivity index (χ2n) is 7.16. The highest BCUT2D eigenvalue weighted by molar-refractivity contribution is 5.99. The number of nitrogens with zero attached hydrogens (tertiary/aromatic N) is 2. The van der Waals surface area contributed by atoms with Crippen molar-refractivity contribution in [1.29, 1.82) is 0 Å². The number of aromatic nitrogens is 1. The van der Waals surface area contributed by atoms with Crippen LogP contribution in [0.1, 0.15) is 28.9 Å². The number of carbonyl (C=O) groups is 1. The second-order valence-corrected chi connectivity index (χ2v) is 7.16. The third-order valence-electron chi connectivity index (χ3n) is 5.21. The minimum Gasteiger partial charge on any atom is -0.378 e. The zero-order valence-electron chi connectivity index (χ0n) is 16.5. The van der Waals surface area contributed by atoms with E-state index in [1.54, 1.807) is 12.3 Å². The molecular formula is C24H25N3O2. The Morgan fingerprint density at radius 1 is 0.966 bits per heavy atom. The number of rotatable bonds is 5. The molecule has 1 saturated heterocycles. The predicted octanol–water partition coefficient (Wildman–Crippen LogP) is 4.08. The molecule has 0 aliphatic carbocycles. The normalized spacial score (nSPS) is 15.0. The van der Waals surface area contributed by atoms with Gasteiger partial charge in [-0.1, -0.05) is 54.6 Å². The Hall–Kier alpha value is -3.18. The number of anilines is 1. The summed E-state index contributed by atoms with van der Waals surface area (Å²) in [7, 11) is 0. The summed E-state index contributed by atoms with van der Waals surface area (Å²) >= 11 is 0. The van der Waals surface area contributed by atoms with E-state index in [0.717, 1.165) is 30.0 Å². The monoisotopic (exact) mass is 387 g/mol. The number of ether oxygens (including phenoxy) is 1. The second kappa shape index (κ2) is 8.88. The van der Waals surface area contributed by atoms with E-state index in [9.17, 15) is 4.79 Å². The molecule has 0 saturated carbocycles. The molecule has 0 radical (unpaired) electrons. The summed E-state index contributed by atoms with van der Waals surface area (Å²) in [6.45, 7) is 4.80. The number of nitrogens with one attached hydrogen (secondary N) is 1. The van der Waals surface area contributed by atoms with Crippen molar-refractivity contribution in [3.63, 3.8) is 0 Å². The standard InChI is InChI=1S/C24H25N3O2/c1-18(19-9-11-21(12-10-19)20-6-3-2-4-7-20)26-24(28)22-8-5-13-25-23(22)27-14-16-29-17-15-27/h2-13,18H,14-17H2,1H3,(H,26,28). The molecule has 1 aliphatic heterocycles. The Kier molecular flexibility index (Phi) is 5.86. The molecule has 1 unspecified atom stereocenters. The van der Waals surface area contributed by atoms with Gasteiger partial charge in [0.1, 0.15) is 5.82 Å². The third-order valence-corrected chi connectivity index (χ3v) is 5.21. The lowest BCUT2D eigenvalue weighted by Crippen LogP contribution is -2.38. The van der Waals surface area contributed by atoms with E-state index < -0.39 is 0 Å². The van der Waals surface area contributed by atoms with Crippen LogP contribution in [-0.4, -0.2) is 37.2 Å². The minimum absolute atomic E-state index is 0.106. The van der Waals surface area contributed by atoms with Crippen molar-refractivity contribution < 1.29 is 9.53 Å². The maximum absolute atomic E-state index is 13.0. The van der Waals surface area contributed by atoms with Crippen molar-refractivity contribution in [2.24, 2.45) is 0 Å². The molecule has 2 heterocycles. The number of morpholine rings is 1. The van der Waals surface area contributed by atoms with Crippen LogP contribution >= 0.6 is 0 Å².